The molecular formula is C15H19F4N3O2. The molecule has 0 bridgehead atoms. The quantitative estimate of drug-likeness (QED) is 0.710. The van der Waals surface area contributed by atoms with Crippen LogP contribution < -0.4 is 15.4 Å². The van der Waals surface area contributed by atoms with Gasteiger partial charge in [-0.25, -0.2) is 14.2 Å². The van der Waals surface area contributed by atoms with Gasteiger partial charge in [0, 0.05) is 25.4 Å². The van der Waals surface area contributed by atoms with E-state index in [1.807, 2.05) is 0 Å². The predicted molar refractivity (Wildman–Crippen MR) is 78.3 cm³/mol. The predicted octanol–water partition coefficient (Wildman–Crippen LogP) is 2.96. The van der Waals surface area contributed by atoms with Crippen LogP contribution in [0.25, 0.3) is 0 Å². The molecule has 2 N–H and O–H groups in total. The van der Waals surface area contributed by atoms with E-state index in [4.69, 9.17) is 4.74 Å². The highest BCUT2D eigenvalue weighted by atomic mass is 19.4. The Kier molecular flexibility index (Phi) is 5.84. The Balaban J connectivity index is 1.70. The first kappa shape index (κ1) is 18.3. The molecule has 0 saturated heterocycles. The Hall–Kier alpha value is -2.06. The van der Waals surface area contributed by atoms with Crippen LogP contribution in [0.1, 0.15) is 24.8 Å². The summed E-state index contributed by atoms with van der Waals surface area (Å²) >= 11 is 0. The molecule has 0 radical (unpaired) electrons. The van der Waals surface area contributed by atoms with Gasteiger partial charge in [-0.05, 0) is 30.9 Å². The molecular weight excluding hydrogens is 330 g/mol. The van der Waals surface area contributed by atoms with E-state index < -0.39 is 24.3 Å². The van der Waals surface area contributed by atoms with Crippen LogP contribution in [0, 0.1) is 5.41 Å². The minimum Gasteiger partial charge on any atom is -0.475 e. The maximum atomic E-state index is 12.7. The summed E-state index contributed by atoms with van der Waals surface area (Å²) in [6.07, 6.45) is -2.61. The fraction of sp³-hybridized carbons (Fsp3) is 0.600. The Morgan fingerprint density at radius 1 is 1.33 bits per heavy atom. The summed E-state index contributed by atoms with van der Waals surface area (Å²) in [6.45, 7) is -0.616. The monoisotopic (exact) mass is 349 g/mol. The number of hydrogen-bond donors (Lipinski definition) is 2. The van der Waals surface area contributed by atoms with Gasteiger partial charge in [0.25, 0.3) is 0 Å². The van der Waals surface area contributed by atoms with Crippen molar-refractivity contribution in [2.24, 2.45) is 5.41 Å². The molecule has 1 heterocycles. The molecule has 5 nitrogen and oxygen atoms in total. The van der Waals surface area contributed by atoms with Crippen molar-refractivity contribution in [3.63, 3.8) is 0 Å². The number of carbonyl (C=O) groups excluding carboxylic acids is 1. The van der Waals surface area contributed by atoms with Crippen LogP contribution in [0.5, 0.6) is 5.88 Å². The first-order valence-electron chi connectivity index (χ1n) is 7.58. The van der Waals surface area contributed by atoms with Crippen LogP contribution >= 0.6 is 0 Å². The maximum absolute atomic E-state index is 12.7. The van der Waals surface area contributed by atoms with Gasteiger partial charge in [-0.1, -0.05) is 0 Å². The van der Waals surface area contributed by atoms with E-state index in [1.54, 1.807) is 12.1 Å². The number of alkyl halides is 4. The molecule has 0 atom stereocenters. The Morgan fingerprint density at radius 3 is 2.71 bits per heavy atom. The van der Waals surface area contributed by atoms with Crippen molar-refractivity contribution in [3.05, 3.63) is 23.9 Å². The van der Waals surface area contributed by atoms with Crippen molar-refractivity contribution in [3.8, 4) is 5.88 Å². The van der Waals surface area contributed by atoms with Gasteiger partial charge < -0.3 is 15.4 Å². The van der Waals surface area contributed by atoms with Crippen molar-refractivity contribution in [1.29, 1.82) is 0 Å². The largest absolute Gasteiger partial charge is 0.475 e. The van der Waals surface area contributed by atoms with E-state index in [-0.39, 0.29) is 44.8 Å². The number of halogens is 4. The first-order chi connectivity index (χ1) is 11.4. The lowest BCUT2D eigenvalue weighted by Gasteiger charge is -2.19. The van der Waals surface area contributed by atoms with Gasteiger partial charge in [0.2, 0.25) is 5.88 Å². The second-order valence-electron chi connectivity index (χ2n) is 5.68. The molecule has 2 rings (SSSR count). The second kappa shape index (κ2) is 7.67. The standard InChI is InChI=1S/C15H19F4N3O2/c16-5-8-24-12-9-11(1-6-20-12)10-22-13(23)21-7-4-14(2-3-14)15(17,18)19/h1,6,9H,2-5,7-8,10H2,(H2,21,22,23). The van der Waals surface area contributed by atoms with E-state index in [2.05, 4.69) is 15.6 Å². The maximum Gasteiger partial charge on any atom is 0.394 e. The van der Waals surface area contributed by atoms with Crippen LogP contribution in [0.2, 0.25) is 0 Å². The van der Waals surface area contributed by atoms with Crippen molar-refractivity contribution < 1.29 is 27.1 Å². The highest BCUT2D eigenvalue weighted by Gasteiger charge is 2.62. The summed E-state index contributed by atoms with van der Waals surface area (Å²) in [5.74, 6) is 0.244. The normalized spacial score (nSPS) is 15.7. The fourth-order valence-electron chi connectivity index (χ4n) is 2.27. The molecule has 1 aromatic rings. The number of nitrogens with zero attached hydrogens (tertiary/aromatic N) is 1. The van der Waals surface area contributed by atoms with Crippen LogP contribution in [-0.2, 0) is 6.54 Å². The molecule has 0 unspecified atom stereocenters. The number of urea groups is 1. The molecule has 1 aliphatic carbocycles. The SMILES string of the molecule is O=C(NCCC1(C(F)(F)F)CC1)NCc1ccnc(OCCF)c1. The van der Waals surface area contributed by atoms with E-state index in [9.17, 15) is 22.4 Å². The number of amides is 2. The molecule has 0 spiro atoms. The lowest BCUT2D eigenvalue weighted by molar-refractivity contribution is -0.188. The molecule has 2 amide bonds. The van der Waals surface area contributed by atoms with Crippen LogP contribution in [0.3, 0.4) is 0 Å². The van der Waals surface area contributed by atoms with Crippen LogP contribution in [0.4, 0.5) is 22.4 Å². The number of carbonyl (C=O) groups is 1. The summed E-state index contributed by atoms with van der Waals surface area (Å²) in [6, 6.07) is 2.65. The van der Waals surface area contributed by atoms with Gasteiger partial charge in [0.1, 0.15) is 13.3 Å². The van der Waals surface area contributed by atoms with E-state index in [0.717, 1.165) is 0 Å². The van der Waals surface area contributed by atoms with Gasteiger partial charge in [0.15, 0.2) is 0 Å². The highest BCUT2D eigenvalue weighted by molar-refractivity contribution is 5.73. The Bertz CT molecular complexity index is 562. The molecule has 134 valence electrons. The lowest BCUT2D eigenvalue weighted by Crippen LogP contribution is -2.37. The molecule has 24 heavy (non-hydrogen) atoms. The molecule has 1 fully saturated rings. The van der Waals surface area contributed by atoms with Crippen molar-refractivity contribution in [2.45, 2.75) is 32.0 Å². The molecule has 1 aromatic heterocycles. The molecule has 1 aliphatic rings. The second-order valence-corrected chi connectivity index (χ2v) is 5.68. The number of hydrogen-bond acceptors (Lipinski definition) is 3. The van der Waals surface area contributed by atoms with Gasteiger partial charge in [-0.2, -0.15) is 13.2 Å². The molecule has 1 saturated carbocycles. The van der Waals surface area contributed by atoms with Gasteiger partial charge in [0.05, 0.1) is 5.41 Å². The first-order valence-corrected chi connectivity index (χ1v) is 7.58. The lowest BCUT2D eigenvalue weighted by atomic mass is 10.0. The summed E-state index contributed by atoms with van der Waals surface area (Å²) in [5.41, 5.74) is -0.934. The fourth-order valence-corrected chi connectivity index (χ4v) is 2.27. The van der Waals surface area contributed by atoms with Crippen LogP contribution in [0.15, 0.2) is 18.3 Å². The minimum absolute atomic E-state index is 0.0352. The van der Waals surface area contributed by atoms with E-state index >= 15 is 0 Å². The average molecular weight is 349 g/mol. The Labute approximate surface area is 136 Å². The zero-order chi connectivity index (χ0) is 17.6. The minimum atomic E-state index is -4.21. The topological polar surface area (TPSA) is 63.2 Å². The summed E-state index contributed by atoms with van der Waals surface area (Å²) in [5, 5.41) is 4.96. The number of nitrogens with one attached hydrogen (secondary N) is 2. The van der Waals surface area contributed by atoms with E-state index in [1.165, 1.54) is 6.20 Å². The summed E-state index contributed by atoms with van der Waals surface area (Å²) in [7, 11) is 0. The smallest absolute Gasteiger partial charge is 0.394 e. The summed E-state index contributed by atoms with van der Waals surface area (Å²) < 4.78 is 55.3. The third kappa shape index (κ3) is 4.97. The number of aromatic nitrogens is 1. The molecule has 0 aromatic carbocycles. The van der Waals surface area contributed by atoms with Crippen molar-refractivity contribution in [2.75, 3.05) is 19.8 Å². The Morgan fingerprint density at radius 2 is 2.08 bits per heavy atom. The number of rotatable bonds is 8. The van der Waals surface area contributed by atoms with Crippen molar-refractivity contribution >= 4 is 6.03 Å². The number of ether oxygens (including phenoxy) is 1. The van der Waals surface area contributed by atoms with Gasteiger partial charge in [-0.15, -0.1) is 0 Å². The average Bonchev–Trinajstić information content (AvgIpc) is 3.32. The van der Waals surface area contributed by atoms with Crippen molar-refractivity contribution in [1.82, 2.24) is 15.6 Å². The van der Waals surface area contributed by atoms with Crippen LogP contribution in [-0.4, -0.2) is 37.0 Å². The molecule has 0 aliphatic heterocycles. The third-order valence-corrected chi connectivity index (χ3v) is 3.92. The van der Waals surface area contributed by atoms with Gasteiger partial charge >= 0.3 is 12.2 Å². The summed E-state index contributed by atoms with van der Waals surface area (Å²) in [4.78, 5) is 15.5. The third-order valence-electron chi connectivity index (χ3n) is 3.92. The zero-order valence-electron chi connectivity index (χ0n) is 13.0. The highest BCUT2D eigenvalue weighted by Crippen LogP contribution is 2.59. The molecule has 9 heteroatoms. The van der Waals surface area contributed by atoms with Gasteiger partial charge in [-0.3, -0.25) is 0 Å². The number of pyridine rings is 1. The van der Waals surface area contributed by atoms with E-state index in [0.29, 0.717) is 5.56 Å². The zero-order valence-corrected chi connectivity index (χ0v) is 13.0.